The number of rotatable bonds is 3. The number of hydrogen-bond donors (Lipinski definition) is 0. The molecule has 0 amide bonds. The van der Waals surface area contributed by atoms with Crippen LogP contribution in [0, 0.1) is 40.4 Å². The minimum atomic E-state index is -0.930. The van der Waals surface area contributed by atoms with E-state index in [0.717, 1.165) is 32.1 Å². The summed E-state index contributed by atoms with van der Waals surface area (Å²) in [7, 11) is 1.65. The second kappa shape index (κ2) is 7.34. The number of hydrogen-bond acceptors (Lipinski definition) is 5. The number of ether oxygens (including phenoxy) is 1. The van der Waals surface area contributed by atoms with E-state index in [0.29, 0.717) is 41.4 Å². The summed E-state index contributed by atoms with van der Waals surface area (Å²) in [5, 5.41) is 4.31. The van der Waals surface area contributed by atoms with E-state index < -0.39 is 5.60 Å². The Kier molecular flexibility index (Phi) is 5.34. The Morgan fingerprint density at radius 3 is 2.37 bits per heavy atom. The maximum absolute atomic E-state index is 12.9. The number of ketones is 1. The lowest BCUT2D eigenvalue weighted by Crippen LogP contribution is -2.60. The van der Waals surface area contributed by atoms with Gasteiger partial charge in [-0.25, -0.2) is 0 Å². The molecular weight excluding hydrogens is 378 g/mol. The zero-order valence-corrected chi connectivity index (χ0v) is 19.6. The summed E-state index contributed by atoms with van der Waals surface area (Å²) < 4.78 is 5.89. The molecule has 0 bridgehead atoms. The van der Waals surface area contributed by atoms with E-state index in [1.807, 2.05) is 0 Å². The molecule has 4 saturated carbocycles. The summed E-state index contributed by atoms with van der Waals surface area (Å²) in [4.78, 5) is 30.0. The van der Waals surface area contributed by atoms with Crippen molar-refractivity contribution >= 4 is 17.5 Å². The van der Waals surface area contributed by atoms with Crippen molar-refractivity contribution in [2.24, 2.45) is 45.6 Å². The van der Waals surface area contributed by atoms with Crippen LogP contribution in [0.15, 0.2) is 5.16 Å². The molecule has 4 aliphatic carbocycles. The monoisotopic (exact) mass is 417 g/mol. The fourth-order valence-electron chi connectivity index (χ4n) is 8.80. The van der Waals surface area contributed by atoms with Gasteiger partial charge in [-0.3, -0.25) is 9.59 Å². The van der Waals surface area contributed by atoms with Crippen molar-refractivity contribution in [3.63, 3.8) is 0 Å². The fraction of sp³-hybridized carbons (Fsp3) is 0.880. The van der Waals surface area contributed by atoms with Gasteiger partial charge in [-0.1, -0.05) is 25.9 Å². The molecule has 8 unspecified atom stereocenters. The normalized spacial score (nSPS) is 49.0. The molecular formula is C25H39NO4. The van der Waals surface area contributed by atoms with Gasteiger partial charge in [0.1, 0.15) is 7.11 Å². The van der Waals surface area contributed by atoms with Crippen LogP contribution < -0.4 is 0 Å². The first kappa shape index (κ1) is 21.8. The average Bonchev–Trinajstić information content (AvgIpc) is 2.96. The van der Waals surface area contributed by atoms with E-state index in [-0.39, 0.29) is 17.2 Å². The molecule has 4 aliphatic rings. The number of carbonyl (C=O) groups is 2. The number of nitrogens with zero attached hydrogens (tertiary/aromatic N) is 1. The molecule has 8 atom stereocenters. The Balaban J connectivity index is 1.66. The van der Waals surface area contributed by atoms with Crippen molar-refractivity contribution < 1.29 is 19.2 Å². The number of esters is 1. The summed E-state index contributed by atoms with van der Waals surface area (Å²) in [5.74, 6) is 2.73. The third-order valence-corrected chi connectivity index (χ3v) is 10.1. The molecule has 0 radical (unpaired) electrons. The second-order valence-electron chi connectivity index (χ2n) is 11.2. The summed E-state index contributed by atoms with van der Waals surface area (Å²) in [6.07, 6.45) is 8.26. The molecule has 30 heavy (non-hydrogen) atoms. The average molecular weight is 418 g/mol. The van der Waals surface area contributed by atoms with Gasteiger partial charge in [0.05, 0.1) is 5.71 Å². The van der Waals surface area contributed by atoms with E-state index in [1.54, 1.807) is 14.0 Å². The smallest absolute Gasteiger partial charge is 0.303 e. The highest BCUT2D eigenvalue weighted by Crippen LogP contribution is 2.69. The van der Waals surface area contributed by atoms with Crippen LogP contribution in [0.1, 0.15) is 86.0 Å². The number of Topliss-reactive ketones (excluding diaryl/α,β-unsaturated/α-hetero) is 1. The minimum Gasteiger partial charge on any atom is -0.451 e. The Labute approximate surface area is 181 Å². The van der Waals surface area contributed by atoms with Gasteiger partial charge in [-0.2, -0.15) is 0 Å². The zero-order chi connectivity index (χ0) is 21.9. The van der Waals surface area contributed by atoms with Crippen molar-refractivity contribution in [3.8, 4) is 0 Å². The molecule has 0 aromatic rings. The molecule has 4 rings (SSSR count). The lowest BCUT2D eigenvalue weighted by molar-refractivity contribution is -0.192. The number of fused-ring (bicyclic) bond motifs is 5. The first-order valence-corrected chi connectivity index (χ1v) is 11.9. The third kappa shape index (κ3) is 2.90. The van der Waals surface area contributed by atoms with Crippen LogP contribution in [0.2, 0.25) is 0 Å². The number of carbonyl (C=O) groups excluding carboxylic acids is 2. The molecule has 0 N–H and O–H groups in total. The molecule has 0 aromatic heterocycles. The minimum absolute atomic E-state index is 0.0344. The van der Waals surface area contributed by atoms with Crippen molar-refractivity contribution in [1.82, 2.24) is 0 Å². The maximum Gasteiger partial charge on any atom is 0.303 e. The van der Waals surface area contributed by atoms with Crippen LogP contribution in [0.25, 0.3) is 0 Å². The van der Waals surface area contributed by atoms with E-state index >= 15 is 0 Å². The van der Waals surface area contributed by atoms with E-state index in [2.05, 4.69) is 25.9 Å². The quantitative estimate of drug-likeness (QED) is 0.469. The predicted molar refractivity (Wildman–Crippen MR) is 116 cm³/mol. The second-order valence-corrected chi connectivity index (χ2v) is 11.2. The maximum atomic E-state index is 12.9. The van der Waals surface area contributed by atoms with Crippen LogP contribution in [0.4, 0.5) is 0 Å². The Hall–Kier alpha value is -1.39. The summed E-state index contributed by atoms with van der Waals surface area (Å²) in [5.41, 5.74) is 0.364. The molecule has 5 nitrogen and oxygen atoms in total. The van der Waals surface area contributed by atoms with Gasteiger partial charge >= 0.3 is 5.97 Å². The number of oxime groups is 1. The van der Waals surface area contributed by atoms with Crippen LogP contribution >= 0.6 is 0 Å². The fourth-order valence-corrected chi connectivity index (χ4v) is 8.80. The SMILES string of the molecule is CON=C1CCC2(C)C(C1)C(C)CC1C2CCC2(C)C1CCC2(OC(C)=O)C(C)=O. The molecule has 0 heterocycles. The summed E-state index contributed by atoms with van der Waals surface area (Å²) in [6.45, 7) is 10.3. The van der Waals surface area contributed by atoms with Crippen LogP contribution in [-0.2, 0) is 19.2 Å². The largest absolute Gasteiger partial charge is 0.451 e. The van der Waals surface area contributed by atoms with Crippen LogP contribution in [0.3, 0.4) is 0 Å². The van der Waals surface area contributed by atoms with E-state index in [9.17, 15) is 9.59 Å². The third-order valence-electron chi connectivity index (χ3n) is 10.1. The van der Waals surface area contributed by atoms with Crippen LogP contribution in [0.5, 0.6) is 0 Å². The summed E-state index contributed by atoms with van der Waals surface area (Å²) in [6, 6.07) is 0. The van der Waals surface area contributed by atoms with Gasteiger partial charge in [0.15, 0.2) is 11.4 Å². The van der Waals surface area contributed by atoms with Gasteiger partial charge in [0.25, 0.3) is 0 Å². The molecule has 0 aliphatic heterocycles. The lowest BCUT2D eigenvalue weighted by atomic mass is 9.42. The molecule has 168 valence electrons. The van der Waals surface area contributed by atoms with E-state index in [1.165, 1.54) is 25.5 Å². The highest BCUT2D eigenvalue weighted by atomic mass is 16.6. The highest BCUT2D eigenvalue weighted by molar-refractivity contribution is 5.89. The Morgan fingerprint density at radius 2 is 1.73 bits per heavy atom. The molecule has 0 spiro atoms. The van der Waals surface area contributed by atoms with E-state index in [4.69, 9.17) is 9.57 Å². The van der Waals surface area contributed by atoms with Gasteiger partial charge in [-0.05, 0) is 93.3 Å². The molecule has 0 saturated heterocycles. The first-order valence-electron chi connectivity index (χ1n) is 11.9. The Bertz CT molecular complexity index is 762. The van der Waals surface area contributed by atoms with Crippen molar-refractivity contribution in [3.05, 3.63) is 0 Å². The van der Waals surface area contributed by atoms with Gasteiger partial charge in [0, 0.05) is 12.3 Å². The van der Waals surface area contributed by atoms with Gasteiger partial charge in [0.2, 0.25) is 0 Å². The zero-order valence-electron chi connectivity index (χ0n) is 19.6. The van der Waals surface area contributed by atoms with Crippen molar-refractivity contribution in [2.75, 3.05) is 7.11 Å². The topological polar surface area (TPSA) is 65.0 Å². The standard InChI is InChI=1S/C25H39NO4/c1-15-13-19-20(23(4)10-7-18(26-29-6)14-22(15)23)8-11-24(5)21(19)9-12-25(24,16(2)27)30-17(3)28/h15,19-22H,7-14H2,1-6H3. The Morgan fingerprint density at radius 1 is 1.03 bits per heavy atom. The summed E-state index contributed by atoms with van der Waals surface area (Å²) >= 11 is 0. The lowest BCUT2D eigenvalue weighted by Gasteiger charge is -2.62. The predicted octanol–water partition coefficient (Wildman–Crippen LogP) is 5.17. The van der Waals surface area contributed by atoms with Gasteiger partial charge in [-0.15, -0.1) is 0 Å². The van der Waals surface area contributed by atoms with Crippen molar-refractivity contribution in [2.45, 2.75) is 91.6 Å². The van der Waals surface area contributed by atoms with Crippen LogP contribution in [-0.4, -0.2) is 30.2 Å². The molecule has 5 heteroatoms. The first-order chi connectivity index (χ1) is 14.1. The highest BCUT2D eigenvalue weighted by Gasteiger charge is 2.68. The van der Waals surface area contributed by atoms with Gasteiger partial charge < -0.3 is 9.57 Å². The molecule has 4 fully saturated rings. The molecule has 0 aromatic carbocycles. The van der Waals surface area contributed by atoms with Crippen molar-refractivity contribution in [1.29, 1.82) is 0 Å².